The van der Waals surface area contributed by atoms with E-state index in [1.54, 1.807) is 4.68 Å². The quantitative estimate of drug-likeness (QED) is 0.867. The zero-order valence-electron chi connectivity index (χ0n) is 12.5. The Morgan fingerprint density at radius 3 is 2.50 bits per heavy atom. The third kappa shape index (κ3) is 3.13. The van der Waals surface area contributed by atoms with E-state index < -0.39 is 0 Å². The largest absolute Gasteiger partial charge is 0.437 e. The molecule has 1 heterocycles. The number of ether oxygens (including phenoxy) is 1. The molecule has 2 rings (SSSR count). The molecule has 1 aromatic heterocycles. The van der Waals surface area contributed by atoms with Gasteiger partial charge in [-0.2, -0.15) is 5.10 Å². The van der Waals surface area contributed by atoms with Crippen LogP contribution >= 0.6 is 0 Å². The van der Waals surface area contributed by atoms with Crippen LogP contribution in [0.3, 0.4) is 0 Å². The molecule has 2 N–H and O–H groups in total. The summed E-state index contributed by atoms with van der Waals surface area (Å²) in [5.41, 5.74) is 8.77. The van der Waals surface area contributed by atoms with E-state index in [4.69, 9.17) is 10.5 Å². The van der Waals surface area contributed by atoms with Gasteiger partial charge in [0.25, 0.3) is 0 Å². The first kappa shape index (κ1) is 14.4. The molecule has 4 nitrogen and oxygen atoms in total. The van der Waals surface area contributed by atoms with Crippen molar-refractivity contribution in [2.75, 3.05) is 5.73 Å². The molecule has 0 saturated carbocycles. The highest BCUT2D eigenvalue weighted by Crippen LogP contribution is 2.30. The topological polar surface area (TPSA) is 53.1 Å². The molecule has 0 aliphatic heterocycles. The zero-order valence-corrected chi connectivity index (χ0v) is 12.5. The number of aromatic nitrogens is 2. The van der Waals surface area contributed by atoms with Gasteiger partial charge >= 0.3 is 0 Å². The number of nitrogen functional groups attached to an aromatic ring is 1. The van der Waals surface area contributed by atoms with Crippen LogP contribution in [0.4, 0.5) is 5.69 Å². The number of anilines is 1. The minimum atomic E-state index is 0.613. The molecule has 0 fully saturated rings. The van der Waals surface area contributed by atoms with Gasteiger partial charge in [-0.3, -0.25) is 0 Å². The summed E-state index contributed by atoms with van der Waals surface area (Å²) in [7, 11) is 0. The molecule has 2 aromatic rings. The summed E-state index contributed by atoms with van der Waals surface area (Å²) in [5.74, 6) is 1.43. The highest BCUT2D eigenvalue weighted by atomic mass is 16.5. The Balaban J connectivity index is 2.14. The van der Waals surface area contributed by atoms with Crippen LogP contribution in [-0.4, -0.2) is 9.78 Å². The summed E-state index contributed by atoms with van der Waals surface area (Å²) in [6.07, 6.45) is 3.55. The zero-order chi connectivity index (χ0) is 14.5. The normalized spacial score (nSPS) is 10.8. The van der Waals surface area contributed by atoms with Crippen LogP contribution in [-0.2, 0) is 13.0 Å². The molecule has 4 heteroatoms. The number of nitrogens with zero attached hydrogens (tertiary/aromatic N) is 2. The van der Waals surface area contributed by atoms with Gasteiger partial charge in [-0.15, -0.1) is 0 Å². The average molecular weight is 273 g/mol. The first-order valence-electron chi connectivity index (χ1n) is 7.25. The van der Waals surface area contributed by atoms with E-state index in [0.717, 1.165) is 24.4 Å². The molecule has 0 radical (unpaired) electrons. The van der Waals surface area contributed by atoms with Crippen LogP contribution < -0.4 is 10.5 Å². The predicted molar refractivity (Wildman–Crippen MR) is 82.2 cm³/mol. The summed E-state index contributed by atoms with van der Waals surface area (Å²) in [6.45, 7) is 6.85. The monoisotopic (exact) mass is 273 g/mol. The lowest BCUT2D eigenvalue weighted by Crippen LogP contribution is -2.00. The van der Waals surface area contributed by atoms with Crippen molar-refractivity contribution >= 4 is 5.69 Å². The molecule has 20 heavy (non-hydrogen) atoms. The Morgan fingerprint density at radius 2 is 1.90 bits per heavy atom. The second-order valence-electron chi connectivity index (χ2n) is 4.97. The van der Waals surface area contributed by atoms with Gasteiger partial charge in [0, 0.05) is 6.54 Å². The first-order chi connectivity index (χ1) is 9.65. The Morgan fingerprint density at radius 1 is 1.20 bits per heavy atom. The van der Waals surface area contributed by atoms with E-state index in [1.165, 1.54) is 18.4 Å². The van der Waals surface area contributed by atoms with Crippen molar-refractivity contribution in [2.45, 2.75) is 46.6 Å². The summed E-state index contributed by atoms with van der Waals surface area (Å²) >= 11 is 0. The van der Waals surface area contributed by atoms with Crippen LogP contribution in [0.15, 0.2) is 24.3 Å². The van der Waals surface area contributed by atoms with E-state index >= 15 is 0 Å². The maximum absolute atomic E-state index is 6.01. The van der Waals surface area contributed by atoms with Crippen LogP contribution in [0.1, 0.15) is 37.9 Å². The lowest BCUT2D eigenvalue weighted by molar-refractivity contribution is 0.418. The van der Waals surface area contributed by atoms with Gasteiger partial charge < -0.3 is 10.5 Å². The van der Waals surface area contributed by atoms with Crippen molar-refractivity contribution in [2.24, 2.45) is 0 Å². The highest BCUT2D eigenvalue weighted by Gasteiger charge is 2.13. The van der Waals surface area contributed by atoms with Crippen molar-refractivity contribution in [3.8, 4) is 11.6 Å². The van der Waals surface area contributed by atoms with Crippen LogP contribution in [0.2, 0.25) is 0 Å². The van der Waals surface area contributed by atoms with Gasteiger partial charge in [0.05, 0.1) is 5.69 Å². The fourth-order valence-corrected chi connectivity index (χ4v) is 2.11. The molecule has 0 bridgehead atoms. The lowest BCUT2D eigenvalue weighted by Gasteiger charge is -2.09. The molecule has 0 aliphatic carbocycles. The van der Waals surface area contributed by atoms with Crippen LogP contribution in [0.25, 0.3) is 0 Å². The Labute approximate surface area is 120 Å². The fourth-order valence-electron chi connectivity index (χ4n) is 2.11. The van der Waals surface area contributed by atoms with Gasteiger partial charge in [0.15, 0.2) is 0 Å². The minimum Gasteiger partial charge on any atom is -0.437 e. The third-order valence-electron chi connectivity index (χ3n) is 3.38. The number of nitrogens with two attached hydrogens (primary N) is 1. The minimum absolute atomic E-state index is 0.613. The van der Waals surface area contributed by atoms with E-state index in [2.05, 4.69) is 24.2 Å². The van der Waals surface area contributed by atoms with Crippen molar-refractivity contribution in [1.29, 1.82) is 0 Å². The van der Waals surface area contributed by atoms with Crippen molar-refractivity contribution in [3.05, 3.63) is 35.5 Å². The Kier molecular flexibility index (Phi) is 4.66. The number of hydrogen-bond donors (Lipinski definition) is 1. The van der Waals surface area contributed by atoms with Crippen molar-refractivity contribution < 1.29 is 4.74 Å². The van der Waals surface area contributed by atoms with Gasteiger partial charge in [-0.25, -0.2) is 4.68 Å². The van der Waals surface area contributed by atoms with E-state index in [0.29, 0.717) is 11.6 Å². The van der Waals surface area contributed by atoms with Gasteiger partial charge in [0.1, 0.15) is 11.4 Å². The van der Waals surface area contributed by atoms with Gasteiger partial charge in [-0.1, -0.05) is 25.5 Å². The van der Waals surface area contributed by atoms with Crippen molar-refractivity contribution in [3.63, 3.8) is 0 Å². The number of hydrogen-bond acceptors (Lipinski definition) is 3. The molecule has 0 atom stereocenters. The van der Waals surface area contributed by atoms with Crippen LogP contribution in [0.5, 0.6) is 11.6 Å². The smallest absolute Gasteiger partial charge is 0.241 e. The average Bonchev–Trinajstić information content (AvgIpc) is 2.74. The second-order valence-corrected chi connectivity index (χ2v) is 4.97. The standard InChI is InChI=1S/C16H23N3O/c1-4-6-7-13-8-10-14(11-9-13)20-16-15(17)12(3)18-19(16)5-2/h8-11H,4-7,17H2,1-3H3. The molecule has 0 unspecified atom stereocenters. The van der Waals surface area contributed by atoms with E-state index in [9.17, 15) is 0 Å². The molecular weight excluding hydrogens is 250 g/mol. The molecule has 0 aliphatic rings. The lowest BCUT2D eigenvalue weighted by atomic mass is 10.1. The molecule has 0 spiro atoms. The van der Waals surface area contributed by atoms with Crippen LogP contribution in [0, 0.1) is 6.92 Å². The van der Waals surface area contributed by atoms with Gasteiger partial charge in [0.2, 0.25) is 5.88 Å². The number of benzene rings is 1. The van der Waals surface area contributed by atoms with E-state index in [1.807, 2.05) is 26.0 Å². The maximum Gasteiger partial charge on any atom is 0.241 e. The number of unbranched alkanes of at least 4 members (excludes halogenated alkanes) is 1. The van der Waals surface area contributed by atoms with Crippen molar-refractivity contribution in [1.82, 2.24) is 9.78 Å². The number of rotatable bonds is 6. The fraction of sp³-hybridized carbons (Fsp3) is 0.438. The summed E-state index contributed by atoms with van der Waals surface area (Å²) < 4.78 is 7.67. The Bertz CT molecular complexity index is 558. The summed E-state index contributed by atoms with van der Waals surface area (Å²) in [6, 6.07) is 8.21. The Hall–Kier alpha value is -1.97. The molecule has 108 valence electrons. The van der Waals surface area contributed by atoms with E-state index in [-0.39, 0.29) is 0 Å². The number of aryl methyl sites for hydroxylation is 3. The molecule has 0 amide bonds. The van der Waals surface area contributed by atoms with Gasteiger partial charge in [-0.05, 0) is 44.4 Å². The summed E-state index contributed by atoms with van der Waals surface area (Å²) in [4.78, 5) is 0. The molecule has 1 aromatic carbocycles. The SMILES string of the molecule is CCCCc1ccc(Oc2c(N)c(C)nn2CC)cc1. The molecule has 0 saturated heterocycles. The maximum atomic E-state index is 6.01. The predicted octanol–water partition coefficient (Wildman–Crippen LogP) is 3.93. The highest BCUT2D eigenvalue weighted by molar-refractivity contribution is 5.54. The first-order valence-corrected chi connectivity index (χ1v) is 7.25. The third-order valence-corrected chi connectivity index (χ3v) is 3.38. The summed E-state index contributed by atoms with van der Waals surface area (Å²) in [5, 5.41) is 4.35. The molecular formula is C16H23N3O. The second kappa shape index (κ2) is 6.46.